The van der Waals surface area contributed by atoms with E-state index in [-0.39, 0.29) is 6.54 Å². The summed E-state index contributed by atoms with van der Waals surface area (Å²) in [5.41, 5.74) is 3.82. The molecule has 1 saturated heterocycles. The van der Waals surface area contributed by atoms with Gasteiger partial charge in [-0.2, -0.15) is 0 Å². The van der Waals surface area contributed by atoms with Crippen molar-refractivity contribution in [2.24, 2.45) is 0 Å². The average molecular weight is 520 g/mol. The summed E-state index contributed by atoms with van der Waals surface area (Å²) >= 11 is 6.26. The van der Waals surface area contributed by atoms with Crippen LogP contribution in [0.3, 0.4) is 0 Å². The lowest BCUT2D eigenvalue weighted by molar-refractivity contribution is -0.153. The van der Waals surface area contributed by atoms with E-state index in [2.05, 4.69) is 10.2 Å². The third-order valence-corrected chi connectivity index (χ3v) is 6.64. The number of nitrogens with one attached hydrogen (secondary N) is 1. The highest BCUT2D eigenvalue weighted by molar-refractivity contribution is 6.33. The van der Waals surface area contributed by atoms with Gasteiger partial charge in [0, 0.05) is 32.7 Å². The summed E-state index contributed by atoms with van der Waals surface area (Å²) in [7, 11) is 0. The summed E-state index contributed by atoms with van der Waals surface area (Å²) < 4.78 is 0. The molecule has 0 saturated carbocycles. The molecule has 37 heavy (non-hydrogen) atoms. The molecule has 0 unspecified atom stereocenters. The van der Waals surface area contributed by atoms with Gasteiger partial charge in [0.2, 0.25) is 0 Å². The molecule has 0 bridgehead atoms. The molecule has 1 aliphatic rings. The number of carbonyl (C=O) groups excluding carboxylic acids is 2. The van der Waals surface area contributed by atoms with Crippen LogP contribution in [0.1, 0.15) is 16.7 Å². The second-order valence-corrected chi connectivity index (χ2v) is 9.26. The van der Waals surface area contributed by atoms with Crippen LogP contribution in [0, 0.1) is 0 Å². The van der Waals surface area contributed by atoms with Gasteiger partial charge in [-0.15, -0.1) is 0 Å². The van der Waals surface area contributed by atoms with Crippen molar-refractivity contribution in [2.45, 2.75) is 18.8 Å². The molecule has 3 N–H and O–H groups in total. The number of piperazine rings is 1. The number of anilines is 1. The second kappa shape index (κ2) is 12.5. The number of aliphatic hydroxyl groups is 2. The van der Waals surface area contributed by atoms with E-state index in [1.807, 2.05) is 91.0 Å². The minimum absolute atomic E-state index is 0.163. The molecular formula is C29H30ClN3O4. The molecular weight excluding hydrogens is 490 g/mol. The van der Waals surface area contributed by atoms with Gasteiger partial charge in [0.1, 0.15) is 0 Å². The normalized spacial score (nSPS) is 15.4. The number of para-hydroxylation sites is 1. The lowest BCUT2D eigenvalue weighted by atomic mass is 10.1. The molecule has 1 heterocycles. The van der Waals surface area contributed by atoms with Gasteiger partial charge in [-0.3, -0.25) is 9.59 Å². The molecule has 0 spiro atoms. The highest BCUT2D eigenvalue weighted by Gasteiger charge is 2.34. The molecule has 1 fully saturated rings. The minimum atomic E-state index is -1.86. The monoisotopic (exact) mass is 519 g/mol. The van der Waals surface area contributed by atoms with Crippen molar-refractivity contribution in [1.29, 1.82) is 0 Å². The zero-order valence-corrected chi connectivity index (χ0v) is 21.1. The molecule has 2 atom stereocenters. The first kappa shape index (κ1) is 26.4. The Morgan fingerprint density at radius 1 is 0.811 bits per heavy atom. The number of aliphatic hydroxyl groups excluding tert-OH is 2. The van der Waals surface area contributed by atoms with Gasteiger partial charge in [0.15, 0.2) is 12.2 Å². The van der Waals surface area contributed by atoms with Crippen molar-refractivity contribution < 1.29 is 19.8 Å². The van der Waals surface area contributed by atoms with E-state index in [1.165, 1.54) is 4.90 Å². The molecule has 8 heteroatoms. The maximum absolute atomic E-state index is 12.7. The number of hydrogen-bond donors (Lipinski definition) is 3. The fraction of sp³-hybridized carbons (Fsp3) is 0.241. The van der Waals surface area contributed by atoms with E-state index in [4.69, 9.17) is 11.6 Å². The van der Waals surface area contributed by atoms with Gasteiger partial charge in [-0.1, -0.05) is 90.5 Å². The number of rotatable bonds is 8. The molecule has 7 nitrogen and oxygen atoms in total. The first-order valence-electron chi connectivity index (χ1n) is 12.2. The standard InChI is InChI=1S/C29H30ClN3O4/c30-24-8-4-5-9-25(24)32-16-18-33(19-17-32)29(37)27(35)26(34)28(36)31-20-23-14-12-22(13-15-23)11-10-21-6-2-1-3-7-21/h1-15,26-27,34-35H,16-20H2,(H,31,36)/b11-10-/t26-,27-/m1/s1. The van der Waals surface area contributed by atoms with Gasteiger partial charge in [-0.05, 0) is 28.8 Å². The molecule has 0 aromatic heterocycles. The highest BCUT2D eigenvalue weighted by atomic mass is 35.5. The summed E-state index contributed by atoms with van der Waals surface area (Å²) in [6.07, 6.45) is 0.319. The Bertz CT molecular complexity index is 1230. The van der Waals surface area contributed by atoms with E-state index in [0.29, 0.717) is 31.2 Å². The van der Waals surface area contributed by atoms with Crippen LogP contribution in [0.25, 0.3) is 12.2 Å². The Labute approximate surface area is 221 Å². The van der Waals surface area contributed by atoms with Crippen molar-refractivity contribution in [3.63, 3.8) is 0 Å². The molecule has 4 rings (SSSR count). The number of nitrogens with zero attached hydrogens (tertiary/aromatic N) is 2. The van der Waals surface area contributed by atoms with Gasteiger partial charge < -0.3 is 25.3 Å². The highest BCUT2D eigenvalue weighted by Crippen LogP contribution is 2.26. The molecule has 1 aliphatic heterocycles. The predicted molar refractivity (Wildman–Crippen MR) is 146 cm³/mol. The van der Waals surface area contributed by atoms with Crippen LogP contribution in [0.15, 0.2) is 78.9 Å². The lowest BCUT2D eigenvalue weighted by Gasteiger charge is -2.37. The Balaban J connectivity index is 1.24. The summed E-state index contributed by atoms with van der Waals surface area (Å²) in [6, 6.07) is 25.0. The molecule has 3 aromatic rings. The Morgan fingerprint density at radius 3 is 2.05 bits per heavy atom. The van der Waals surface area contributed by atoms with Crippen LogP contribution in [0.2, 0.25) is 5.02 Å². The summed E-state index contributed by atoms with van der Waals surface area (Å²) in [4.78, 5) is 28.6. The number of benzene rings is 3. The second-order valence-electron chi connectivity index (χ2n) is 8.86. The topological polar surface area (TPSA) is 93.1 Å². The number of amides is 2. The zero-order chi connectivity index (χ0) is 26.2. The van der Waals surface area contributed by atoms with Gasteiger partial charge >= 0.3 is 0 Å². The summed E-state index contributed by atoms with van der Waals surface area (Å²) in [6.45, 7) is 1.92. The third kappa shape index (κ3) is 6.98. The average Bonchev–Trinajstić information content (AvgIpc) is 2.95. The largest absolute Gasteiger partial charge is 0.380 e. The number of halogens is 1. The van der Waals surface area contributed by atoms with Crippen molar-refractivity contribution >= 4 is 41.3 Å². The number of carbonyl (C=O) groups is 2. The first-order valence-corrected chi connectivity index (χ1v) is 12.5. The first-order chi connectivity index (χ1) is 17.9. The maximum atomic E-state index is 12.7. The van der Waals surface area contributed by atoms with Crippen molar-refractivity contribution in [1.82, 2.24) is 10.2 Å². The van der Waals surface area contributed by atoms with Crippen LogP contribution in [0.4, 0.5) is 5.69 Å². The van der Waals surface area contributed by atoms with Crippen molar-refractivity contribution in [3.05, 3.63) is 101 Å². The van der Waals surface area contributed by atoms with E-state index < -0.39 is 24.0 Å². The SMILES string of the molecule is O=C(NCc1ccc(/C=C\c2ccccc2)cc1)[C@H](O)[C@@H](O)C(=O)N1CCN(c2ccccc2Cl)CC1. The van der Waals surface area contributed by atoms with Crippen LogP contribution >= 0.6 is 11.6 Å². The van der Waals surface area contributed by atoms with Gasteiger partial charge in [0.05, 0.1) is 10.7 Å². The minimum Gasteiger partial charge on any atom is -0.380 e. The van der Waals surface area contributed by atoms with Crippen molar-refractivity contribution in [2.75, 3.05) is 31.1 Å². The third-order valence-electron chi connectivity index (χ3n) is 6.32. The maximum Gasteiger partial charge on any atom is 0.254 e. The Morgan fingerprint density at radius 2 is 1.41 bits per heavy atom. The molecule has 2 amide bonds. The predicted octanol–water partition coefficient (Wildman–Crippen LogP) is 3.20. The molecule has 3 aromatic carbocycles. The van der Waals surface area contributed by atoms with E-state index in [1.54, 1.807) is 0 Å². The van der Waals surface area contributed by atoms with E-state index >= 15 is 0 Å². The zero-order valence-electron chi connectivity index (χ0n) is 20.3. The quantitative estimate of drug-likeness (QED) is 0.397. The summed E-state index contributed by atoms with van der Waals surface area (Å²) in [5, 5.41) is 23.9. The van der Waals surface area contributed by atoms with Crippen LogP contribution < -0.4 is 10.2 Å². The smallest absolute Gasteiger partial charge is 0.254 e. The molecule has 0 aliphatic carbocycles. The van der Waals surface area contributed by atoms with Crippen LogP contribution in [-0.4, -0.2) is 65.3 Å². The van der Waals surface area contributed by atoms with Crippen LogP contribution in [-0.2, 0) is 16.1 Å². The van der Waals surface area contributed by atoms with Gasteiger partial charge in [0.25, 0.3) is 11.8 Å². The molecule has 0 radical (unpaired) electrons. The molecule has 192 valence electrons. The summed E-state index contributed by atoms with van der Waals surface area (Å²) in [5.74, 6) is -1.47. The Hall–Kier alpha value is -3.65. The fourth-order valence-corrected chi connectivity index (χ4v) is 4.39. The fourth-order valence-electron chi connectivity index (χ4n) is 4.14. The number of hydrogen-bond acceptors (Lipinski definition) is 5. The Kier molecular flexibility index (Phi) is 8.95. The van der Waals surface area contributed by atoms with Gasteiger partial charge in [-0.25, -0.2) is 0 Å². The van der Waals surface area contributed by atoms with E-state index in [0.717, 1.165) is 22.4 Å². The lowest BCUT2D eigenvalue weighted by Crippen LogP contribution is -2.55. The van der Waals surface area contributed by atoms with Crippen LogP contribution in [0.5, 0.6) is 0 Å². The van der Waals surface area contributed by atoms with Crippen molar-refractivity contribution in [3.8, 4) is 0 Å². The van der Waals surface area contributed by atoms with E-state index in [9.17, 15) is 19.8 Å².